The summed E-state index contributed by atoms with van der Waals surface area (Å²) >= 11 is 0. The van der Waals surface area contributed by atoms with Gasteiger partial charge in [-0.05, 0) is 67.4 Å². The quantitative estimate of drug-likeness (QED) is 0.318. The highest BCUT2D eigenvalue weighted by molar-refractivity contribution is 5.98. The largest absolute Gasteiger partial charge is 0.294 e. The minimum Gasteiger partial charge on any atom is -0.294 e. The van der Waals surface area contributed by atoms with Gasteiger partial charge in [0.2, 0.25) is 0 Å². The van der Waals surface area contributed by atoms with Crippen LogP contribution in [-0.2, 0) is 12.8 Å². The second kappa shape index (κ2) is 11.4. The Morgan fingerprint density at radius 2 is 1.70 bits per heavy atom. The first kappa shape index (κ1) is 22.7. The third-order valence-corrected chi connectivity index (χ3v) is 6.05. The summed E-state index contributed by atoms with van der Waals surface area (Å²) in [6.45, 7) is 2.11. The van der Waals surface area contributed by atoms with Gasteiger partial charge in [0.1, 0.15) is 0 Å². The number of carbonyl (C=O) groups excluding carboxylic acids is 1. The van der Waals surface area contributed by atoms with Gasteiger partial charge in [-0.3, -0.25) is 9.79 Å². The fourth-order valence-corrected chi connectivity index (χ4v) is 4.26. The average molecular weight is 434 g/mol. The second-order valence-electron chi connectivity index (χ2n) is 8.65. The van der Waals surface area contributed by atoms with Crippen molar-refractivity contribution in [1.29, 1.82) is 0 Å². The summed E-state index contributed by atoms with van der Waals surface area (Å²) in [7, 11) is 0. The Bertz CT molecular complexity index is 1180. The number of carbonyl (C=O) groups is 1. The van der Waals surface area contributed by atoms with E-state index in [-0.39, 0.29) is 5.78 Å². The Morgan fingerprint density at radius 1 is 0.848 bits per heavy atom. The van der Waals surface area contributed by atoms with Crippen molar-refractivity contribution >= 4 is 11.5 Å². The molecule has 0 saturated heterocycles. The number of allylic oxidation sites excluding steroid dienone is 3. The molecule has 3 aromatic rings. The Labute approximate surface area is 197 Å². The Balaban J connectivity index is 1.54. The minimum absolute atomic E-state index is 0.222. The van der Waals surface area contributed by atoms with Crippen LogP contribution in [0.3, 0.4) is 0 Å². The molecule has 0 aromatic heterocycles. The van der Waals surface area contributed by atoms with Gasteiger partial charge < -0.3 is 0 Å². The Kier molecular flexibility index (Phi) is 7.81. The molecule has 4 rings (SSSR count). The third-order valence-electron chi connectivity index (χ3n) is 6.05. The molecule has 2 heteroatoms. The van der Waals surface area contributed by atoms with Crippen LogP contribution in [0.5, 0.6) is 0 Å². The number of hydrogen-bond donors (Lipinski definition) is 0. The lowest BCUT2D eigenvalue weighted by atomic mass is 9.91. The van der Waals surface area contributed by atoms with Gasteiger partial charge in [0, 0.05) is 23.9 Å². The zero-order valence-corrected chi connectivity index (χ0v) is 19.3. The number of rotatable bonds is 9. The lowest BCUT2D eigenvalue weighted by Gasteiger charge is -2.13. The standard InChI is InChI=1S/C31H31NO/c1-24-10-8-13-26(22-24)27-18-19-30(31(33)20-17-25-11-4-2-5-12-25)28(23-27)14-9-16-29-15-6-3-7-21-32-29/h2,4-8,10-13,15,18-19,21-23H,3,9,14,16-17,20H2,1H3. The second-order valence-corrected chi connectivity index (χ2v) is 8.65. The van der Waals surface area contributed by atoms with Crippen molar-refractivity contribution in [3.8, 4) is 11.1 Å². The number of benzene rings is 3. The maximum absolute atomic E-state index is 13.2. The molecule has 0 bridgehead atoms. The summed E-state index contributed by atoms with van der Waals surface area (Å²) in [6, 6.07) is 25.1. The van der Waals surface area contributed by atoms with Crippen LogP contribution in [0.15, 0.2) is 102 Å². The molecule has 0 spiro atoms. The van der Waals surface area contributed by atoms with Crippen LogP contribution >= 0.6 is 0 Å². The van der Waals surface area contributed by atoms with Crippen molar-refractivity contribution in [2.24, 2.45) is 4.99 Å². The smallest absolute Gasteiger partial charge is 0.163 e. The molecule has 3 aromatic carbocycles. The van der Waals surface area contributed by atoms with Crippen LogP contribution in [0.4, 0.5) is 0 Å². The molecule has 0 N–H and O–H groups in total. The van der Waals surface area contributed by atoms with Gasteiger partial charge in [-0.2, -0.15) is 0 Å². The number of nitrogens with zero attached hydrogens (tertiary/aromatic N) is 1. The molecule has 166 valence electrons. The first-order valence-corrected chi connectivity index (χ1v) is 11.8. The van der Waals surface area contributed by atoms with E-state index in [0.717, 1.165) is 48.9 Å². The topological polar surface area (TPSA) is 29.4 Å². The summed E-state index contributed by atoms with van der Waals surface area (Å²) in [5, 5.41) is 0. The maximum atomic E-state index is 13.2. The lowest BCUT2D eigenvalue weighted by molar-refractivity contribution is 0.0982. The number of ketones is 1. The fourth-order valence-electron chi connectivity index (χ4n) is 4.26. The van der Waals surface area contributed by atoms with E-state index < -0.39 is 0 Å². The van der Waals surface area contributed by atoms with E-state index >= 15 is 0 Å². The van der Waals surface area contributed by atoms with Crippen LogP contribution < -0.4 is 0 Å². The SMILES string of the molecule is Cc1cccc(-c2ccc(C(=O)CCc3ccccc3)c(CCCC3=NC=CCC=C3)c2)c1. The number of aryl methyl sites for hydroxylation is 3. The molecule has 0 atom stereocenters. The van der Waals surface area contributed by atoms with E-state index in [0.29, 0.717) is 6.42 Å². The van der Waals surface area contributed by atoms with Crippen molar-refractivity contribution in [2.45, 2.75) is 45.4 Å². The van der Waals surface area contributed by atoms with Crippen LogP contribution in [0, 0.1) is 6.92 Å². The zero-order valence-electron chi connectivity index (χ0n) is 19.3. The number of Topliss-reactive ketones (excluding diaryl/α,β-unsaturated/α-hetero) is 1. The molecule has 1 aliphatic heterocycles. The number of aliphatic imine (C=N–C) groups is 1. The van der Waals surface area contributed by atoms with Crippen molar-refractivity contribution in [1.82, 2.24) is 0 Å². The summed E-state index contributed by atoms with van der Waals surface area (Å²) in [4.78, 5) is 17.7. The highest BCUT2D eigenvalue weighted by atomic mass is 16.1. The van der Waals surface area contributed by atoms with Crippen molar-refractivity contribution in [3.05, 3.63) is 119 Å². The highest BCUT2D eigenvalue weighted by Crippen LogP contribution is 2.26. The van der Waals surface area contributed by atoms with Gasteiger partial charge in [-0.15, -0.1) is 0 Å². The Hall–Kier alpha value is -3.52. The van der Waals surface area contributed by atoms with Crippen LogP contribution in [0.1, 0.15) is 52.7 Å². The third kappa shape index (κ3) is 6.49. The van der Waals surface area contributed by atoms with Gasteiger partial charge in [0.25, 0.3) is 0 Å². The normalized spacial score (nSPS) is 12.9. The van der Waals surface area contributed by atoms with E-state index in [1.807, 2.05) is 30.5 Å². The molecule has 0 fully saturated rings. The van der Waals surface area contributed by atoms with Crippen LogP contribution in [0.25, 0.3) is 11.1 Å². The van der Waals surface area contributed by atoms with Gasteiger partial charge in [0.05, 0.1) is 0 Å². The summed E-state index contributed by atoms with van der Waals surface area (Å²) in [6.07, 6.45) is 13.2. The molecule has 0 unspecified atom stereocenters. The predicted molar refractivity (Wildman–Crippen MR) is 139 cm³/mol. The van der Waals surface area contributed by atoms with E-state index in [1.165, 1.54) is 22.3 Å². The van der Waals surface area contributed by atoms with Crippen molar-refractivity contribution in [3.63, 3.8) is 0 Å². The molecule has 0 aliphatic carbocycles. The molecule has 0 radical (unpaired) electrons. The molecule has 33 heavy (non-hydrogen) atoms. The average Bonchev–Trinajstić information content (AvgIpc) is 3.12. The maximum Gasteiger partial charge on any atom is 0.163 e. The van der Waals surface area contributed by atoms with Crippen LogP contribution in [-0.4, -0.2) is 11.5 Å². The Morgan fingerprint density at radius 3 is 2.55 bits per heavy atom. The predicted octanol–water partition coefficient (Wildman–Crippen LogP) is 7.71. The van der Waals surface area contributed by atoms with Gasteiger partial charge in [-0.25, -0.2) is 0 Å². The zero-order chi connectivity index (χ0) is 22.9. The molecule has 1 aliphatic rings. The molecule has 2 nitrogen and oxygen atoms in total. The van der Waals surface area contributed by atoms with E-state index in [9.17, 15) is 4.79 Å². The van der Waals surface area contributed by atoms with Crippen LogP contribution in [0.2, 0.25) is 0 Å². The first-order valence-electron chi connectivity index (χ1n) is 11.8. The molecular weight excluding hydrogens is 402 g/mol. The lowest BCUT2D eigenvalue weighted by Crippen LogP contribution is -2.07. The van der Waals surface area contributed by atoms with Gasteiger partial charge >= 0.3 is 0 Å². The van der Waals surface area contributed by atoms with Gasteiger partial charge in [-0.1, -0.05) is 90.5 Å². The molecule has 0 saturated carbocycles. The van der Waals surface area contributed by atoms with Crippen molar-refractivity contribution in [2.75, 3.05) is 0 Å². The van der Waals surface area contributed by atoms with E-state index in [4.69, 9.17) is 0 Å². The summed E-state index contributed by atoms with van der Waals surface area (Å²) < 4.78 is 0. The van der Waals surface area contributed by atoms with E-state index in [1.54, 1.807) is 0 Å². The van der Waals surface area contributed by atoms with E-state index in [2.05, 4.69) is 78.7 Å². The van der Waals surface area contributed by atoms with Gasteiger partial charge in [0.15, 0.2) is 5.78 Å². The molecule has 0 amide bonds. The fraction of sp³-hybridized carbons (Fsp3) is 0.226. The minimum atomic E-state index is 0.222. The number of hydrogen-bond acceptors (Lipinski definition) is 2. The summed E-state index contributed by atoms with van der Waals surface area (Å²) in [5.41, 5.74) is 7.92. The summed E-state index contributed by atoms with van der Waals surface area (Å²) in [5.74, 6) is 0.222. The highest BCUT2D eigenvalue weighted by Gasteiger charge is 2.14. The molecule has 1 heterocycles. The molecular formula is C31H31NO. The van der Waals surface area contributed by atoms with Crippen molar-refractivity contribution < 1.29 is 4.79 Å². The first-order chi connectivity index (χ1) is 16.2. The monoisotopic (exact) mass is 433 g/mol.